The zero-order valence-electron chi connectivity index (χ0n) is 7.01. The van der Waals surface area contributed by atoms with Gasteiger partial charge in [-0.25, -0.2) is 0 Å². The second-order valence-electron chi connectivity index (χ2n) is 3.42. The summed E-state index contributed by atoms with van der Waals surface area (Å²) in [6.07, 6.45) is 0.347. The third-order valence-corrected chi connectivity index (χ3v) is 2.47. The van der Waals surface area contributed by atoms with Crippen molar-refractivity contribution < 1.29 is 14.3 Å². The Morgan fingerprint density at radius 2 is 2.18 bits per heavy atom. The lowest BCUT2D eigenvalue weighted by Gasteiger charge is -2.39. The molecule has 0 unspecified atom stereocenters. The van der Waals surface area contributed by atoms with Crippen LogP contribution in [0.5, 0.6) is 0 Å². The molecular formula is C8H12O3. The van der Waals surface area contributed by atoms with Crippen LogP contribution in [0.2, 0.25) is 0 Å². The van der Waals surface area contributed by atoms with Gasteiger partial charge in [0.15, 0.2) is 0 Å². The fourth-order valence-corrected chi connectivity index (χ4v) is 1.29. The van der Waals surface area contributed by atoms with Gasteiger partial charge in [-0.1, -0.05) is 13.8 Å². The summed E-state index contributed by atoms with van der Waals surface area (Å²) in [5, 5.41) is 0. The van der Waals surface area contributed by atoms with E-state index in [4.69, 9.17) is 0 Å². The highest BCUT2D eigenvalue weighted by molar-refractivity contribution is 5.99. The van der Waals surface area contributed by atoms with E-state index in [9.17, 15) is 9.59 Å². The highest BCUT2D eigenvalue weighted by atomic mass is 16.5. The van der Waals surface area contributed by atoms with Crippen molar-refractivity contribution in [3.63, 3.8) is 0 Å². The number of Topliss-reactive ketones (excluding diaryl/α,β-unsaturated/α-hetero) is 1. The highest BCUT2D eigenvalue weighted by Crippen LogP contribution is 2.42. The zero-order valence-corrected chi connectivity index (χ0v) is 7.01. The van der Waals surface area contributed by atoms with E-state index >= 15 is 0 Å². The van der Waals surface area contributed by atoms with Crippen molar-refractivity contribution in [1.82, 2.24) is 0 Å². The molecule has 62 valence electrons. The molecule has 3 nitrogen and oxygen atoms in total. The van der Waals surface area contributed by atoms with Crippen molar-refractivity contribution in [2.75, 3.05) is 7.11 Å². The maximum Gasteiger partial charge on any atom is 0.310 e. The summed E-state index contributed by atoms with van der Waals surface area (Å²) in [6.45, 7) is 3.56. The molecule has 11 heavy (non-hydrogen) atoms. The summed E-state index contributed by atoms with van der Waals surface area (Å²) in [5.41, 5.74) is -0.493. The lowest BCUT2D eigenvalue weighted by molar-refractivity contribution is -0.164. The molecule has 3 heteroatoms. The number of methoxy groups -OCH3 is 1. The average Bonchev–Trinajstić information content (AvgIpc) is 1.98. The van der Waals surface area contributed by atoms with E-state index in [1.54, 1.807) is 13.8 Å². The normalized spacial score (nSPS) is 27.5. The predicted octanol–water partition coefficient (Wildman–Crippen LogP) is 0.775. The Morgan fingerprint density at radius 1 is 1.64 bits per heavy atom. The average molecular weight is 156 g/mol. The van der Waals surface area contributed by atoms with Gasteiger partial charge < -0.3 is 4.74 Å². The molecule has 0 amide bonds. The molecule has 0 radical (unpaired) electrons. The lowest BCUT2D eigenvalue weighted by atomic mass is 9.61. The van der Waals surface area contributed by atoms with Gasteiger partial charge in [0.2, 0.25) is 0 Å². The van der Waals surface area contributed by atoms with Gasteiger partial charge in [0.1, 0.15) is 5.78 Å². The number of rotatable bonds is 1. The van der Waals surface area contributed by atoms with Gasteiger partial charge in [-0.3, -0.25) is 9.59 Å². The second-order valence-corrected chi connectivity index (χ2v) is 3.42. The first kappa shape index (κ1) is 8.24. The molecule has 0 heterocycles. The standard InChI is InChI=1S/C8H12O3/c1-8(2)5(4-6(8)9)7(10)11-3/h5H,4H2,1-3H3/t5-/m1/s1. The van der Waals surface area contributed by atoms with Crippen molar-refractivity contribution in [2.45, 2.75) is 20.3 Å². The van der Waals surface area contributed by atoms with Crippen LogP contribution in [0.4, 0.5) is 0 Å². The molecule has 1 saturated carbocycles. The molecule has 1 rings (SSSR count). The molecular weight excluding hydrogens is 144 g/mol. The van der Waals surface area contributed by atoms with Crippen LogP contribution in [0, 0.1) is 11.3 Å². The summed E-state index contributed by atoms with van der Waals surface area (Å²) < 4.78 is 4.55. The van der Waals surface area contributed by atoms with Crippen LogP contribution in [0.15, 0.2) is 0 Å². The van der Waals surface area contributed by atoms with Crippen LogP contribution in [-0.2, 0) is 14.3 Å². The number of hydrogen-bond donors (Lipinski definition) is 0. The third-order valence-electron chi connectivity index (χ3n) is 2.47. The molecule has 0 aliphatic heterocycles. The van der Waals surface area contributed by atoms with Crippen molar-refractivity contribution in [3.8, 4) is 0 Å². The maximum absolute atomic E-state index is 11.0. The Hall–Kier alpha value is -0.860. The van der Waals surface area contributed by atoms with E-state index in [2.05, 4.69) is 4.74 Å². The van der Waals surface area contributed by atoms with Crippen LogP contribution < -0.4 is 0 Å². The van der Waals surface area contributed by atoms with Crippen LogP contribution >= 0.6 is 0 Å². The first-order valence-corrected chi connectivity index (χ1v) is 3.61. The van der Waals surface area contributed by atoms with E-state index in [0.29, 0.717) is 6.42 Å². The van der Waals surface area contributed by atoms with Gasteiger partial charge in [-0.15, -0.1) is 0 Å². The molecule has 0 aromatic rings. The summed E-state index contributed by atoms with van der Waals surface area (Å²) in [5.74, 6) is -0.345. The minimum Gasteiger partial charge on any atom is -0.469 e. The van der Waals surface area contributed by atoms with Gasteiger partial charge >= 0.3 is 5.97 Å². The molecule has 1 aliphatic rings. The highest BCUT2D eigenvalue weighted by Gasteiger charge is 2.51. The Bertz CT molecular complexity index is 205. The first-order chi connectivity index (χ1) is 5.00. The zero-order chi connectivity index (χ0) is 8.65. The molecule has 0 bridgehead atoms. The minimum absolute atomic E-state index is 0.146. The number of ketones is 1. The van der Waals surface area contributed by atoms with Crippen LogP contribution in [0.25, 0.3) is 0 Å². The molecule has 1 aliphatic carbocycles. The topological polar surface area (TPSA) is 43.4 Å². The fraction of sp³-hybridized carbons (Fsp3) is 0.750. The lowest BCUT2D eigenvalue weighted by Crippen LogP contribution is -2.49. The van der Waals surface area contributed by atoms with Crippen LogP contribution in [0.3, 0.4) is 0 Å². The molecule has 1 fully saturated rings. The van der Waals surface area contributed by atoms with E-state index in [0.717, 1.165) is 0 Å². The molecule has 0 N–H and O–H groups in total. The van der Waals surface area contributed by atoms with E-state index in [1.165, 1.54) is 7.11 Å². The van der Waals surface area contributed by atoms with Crippen molar-refractivity contribution in [1.29, 1.82) is 0 Å². The summed E-state index contributed by atoms with van der Waals surface area (Å²) in [4.78, 5) is 22.0. The molecule has 0 spiro atoms. The Morgan fingerprint density at radius 3 is 2.45 bits per heavy atom. The minimum atomic E-state index is -0.493. The number of esters is 1. The number of ether oxygens (including phenoxy) is 1. The fourth-order valence-electron chi connectivity index (χ4n) is 1.29. The van der Waals surface area contributed by atoms with Gasteiger partial charge in [-0.2, -0.15) is 0 Å². The van der Waals surface area contributed by atoms with Gasteiger partial charge in [0.05, 0.1) is 13.0 Å². The largest absolute Gasteiger partial charge is 0.469 e. The number of carbonyl (C=O) groups excluding carboxylic acids is 2. The quantitative estimate of drug-likeness (QED) is 0.527. The molecule has 0 saturated heterocycles. The Kier molecular flexibility index (Phi) is 1.74. The summed E-state index contributed by atoms with van der Waals surface area (Å²) in [7, 11) is 1.35. The first-order valence-electron chi connectivity index (χ1n) is 3.61. The summed E-state index contributed by atoms with van der Waals surface area (Å²) in [6, 6.07) is 0. The second kappa shape index (κ2) is 2.32. The Labute approximate surface area is 65.7 Å². The molecule has 0 aromatic carbocycles. The van der Waals surface area contributed by atoms with Crippen molar-refractivity contribution >= 4 is 11.8 Å². The maximum atomic E-state index is 11.0. The van der Waals surface area contributed by atoms with Crippen molar-refractivity contribution in [2.24, 2.45) is 11.3 Å². The smallest absolute Gasteiger partial charge is 0.310 e. The van der Waals surface area contributed by atoms with E-state index in [1.807, 2.05) is 0 Å². The predicted molar refractivity (Wildman–Crippen MR) is 38.9 cm³/mol. The van der Waals surface area contributed by atoms with E-state index < -0.39 is 5.41 Å². The van der Waals surface area contributed by atoms with Crippen LogP contribution in [0.1, 0.15) is 20.3 Å². The molecule has 1 atom stereocenters. The SMILES string of the molecule is COC(=O)[C@H]1CC(=O)C1(C)C. The molecule has 0 aromatic heterocycles. The monoisotopic (exact) mass is 156 g/mol. The van der Waals surface area contributed by atoms with Crippen molar-refractivity contribution in [3.05, 3.63) is 0 Å². The van der Waals surface area contributed by atoms with Crippen LogP contribution in [-0.4, -0.2) is 18.9 Å². The third kappa shape index (κ3) is 1.04. The summed E-state index contributed by atoms with van der Waals surface area (Å²) >= 11 is 0. The van der Waals surface area contributed by atoms with Gasteiger partial charge in [0.25, 0.3) is 0 Å². The number of hydrogen-bond acceptors (Lipinski definition) is 3. The van der Waals surface area contributed by atoms with Gasteiger partial charge in [0, 0.05) is 11.8 Å². The number of carbonyl (C=O) groups is 2. The van der Waals surface area contributed by atoms with E-state index in [-0.39, 0.29) is 17.7 Å². The Balaban J connectivity index is 2.66. The van der Waals surface area contributed by atoms with Gasteiger partial charge in [-0.05, 0) is 0 Å².